The first-order valence-corrected chi connectivity index (χ1v) is 5.36. The molecule has 5 heteroatoms. The van der Waals surface area contributed by atoms with Gasteiger partial charge < -0.3 is 5.32 Å². The van der Waals surface area contributed by atoms with E-state index >= 15 is 0 Å². The van der Waals surface area contributed by atoms with E-state index in [0.29, 0.717) is 5.56 Å². The number of alkyl halides is 3. The molecule has 0 aliphatic heterocycles. The number of benzene rings is 1. The van der Waals surface area contributed by atoms with Gasteiger partial charge in [-0.3, -0.25) is 0 Å². The van der Waals surface area contributed by atoms with E-state index in [-0.39, 0.29) is 10.5 Å². The monoisotopic (exact) mass is 293 g/mol. The molecular formula is C11H11BrF3N. The van der Waals surface area contributed by atoms with Gasteiger partial charge in [-0.1, -0.05) is 28.1 Å². The third kappa shape index (κ3) is 2.86. The van der Waals surface area contributed by atoms with Gasteiger partial charge in [0.1, 0.15) is 0 Å². The zero-order chi connectivity index (χ0) is 12.3. The van der Waals surface area contributed by atoms with Crippen LogP contribution in [0.5, 0.6) is 0 Å². The molecule has 0 bridgehead atoms. The lowest BCUT2D eigenvalue weighted by Gasteiger charge is -2.15. The van der Waals surface area contributed by atoms with Crippen molar-refractivity contribution in [3.63, 3.8) is 0 Å². The van der Waals surface area contributed by atoms with Crippen LogP contribution in [0.1, 0.15) is 17.2 Å². The average Bonchev–Trinajstić information content (AvgIpc) is 2.20. The first-order chi connectivity index (χ1) is 7.40. The van der Waals surface area contributed by atoms with E-state index in [2.05, 4.69) is 27.8 Å². The van der Waals surface area contributed by atoms with Crippen LogP contribution in [-0.2, 0) is 6.18 Å². The number of hydrogen-bond acceptors (Lipinski definition) is 1. The fourth-order valence-corrected chi connectivity index (χ4v) is 1.85. The Morgan fingerprint density at radius 2 is 2.06 bits per heavy atom. The molecule has 1 N–H and O–H groups in total. The molecule has 0 aliphatic carbocycles. The van der Waals surface area contributed by atoms with Crippen LogP contribution in [0.2, 0.25) is 0 Å². The number of hydrogen-bond donors (Lipinski definition) is 1. The third-order valence-corrected chi connectivity index (χ3v) is 2.89. The minimum atomic E-state index is -4.35. The Hall–Kier alpha value is -0.810. The largest absolute Gasteiger partial charge is 0.417 e. The van der Waals surface area contributed by atoms with Crippen molar-refractivity contribution in [3.8, 4) is 0 Å². The first kappa shape index (κ1) is 13.3. The van der Waals surface area contributed by atoms with E-state index < -0.39 is 11.7 Å². The summed E-state index contributed by atoms with van der Waals surface area (Å²) in [6, 6.07) is 3.86. The average molecular weight is 294 g/mol. The van der Waals surface area contributed by atoms with Crippen LogP contribution in [0.15, 0.2) is 35.3 Å². The molecule has 0 saturated carbocycles. The van der Waals surface area contributed by atoms with Crippen molar-refractivity contribution in [1.29, 1.82) is 0 Å². The summed E-state index contributed by atoms with van der Waals surface area (Å²) in [6.45, 7) is 3.57. The Kier molecular flexibility index (Phi) is 4.15. The van der Waals surface area contributed by atoms with Crippen LogP contribution in [-0.4, -0.2) is 7.05 Å². The van der Waals surface area contributed by atoms with Crippen molar-refractivity contribution >= 4 is 15.9 Å². The minimum absolute atomic E-state index is 0.0441. The molecule has 1 aromatic carbocycles. The summed E-state index contributed by atoms with van der Waals surface area (Å²) in [5.74, 6) is 0. The second kappa shape index (κ2) is 5.01. The van der Waals surface area contributed by atoms with Gasteiger partial charge in [0.25, 0.3) is 0 Å². The molecule has 16 heavy (non-hydrogen) atoms. The van der Waals surface area contributed by atoms with Gasteiger partial charge in [-0.05, 0) is 24.7 Å². The fourth-order valence-electron chi connectivity index (χ4n) is 1.37. The van der Waals surface area contributed by atoms with Crippen molar-refractivity contribution in [2.45, 2.75) is 12.2 Å². The topological polar surface area (TPSA) is 12.0 Å². The molecule has 1 rings (SSSR count). The maximum atomic E-state index is 12.6. The molecule has 0 aliphatic rings. The lowest BCUT2D eigenvalue weighted by Crippen LogP contribution is -2.15. The highest BCUT2D eigenvalue weighted by atomic mass is 79.9. The SMILES string of the molecule is C=CC(NC)c1ccc(Br)c(C(F)(F)F)c1. The zero-order valence-corrected chi connectivity index (χ0v) is 10.2. The zero-order valence-electron chi connectivity index (χ0n) is 8.61. The molecule has 0 saturated heterocycles. The van der Waals surface area contributed by atoms with Gasteiger partial charge in [0.15, 0.2) is 0 Å². The van der Waals surface area contributed by atoms with Gasteiger partial charge in [0.05, 0.1) is 11.6 Å². The van der Waals surface area contributed by atoms with E-state index in [4.69, 9.17) is 0 Å². The van der Waals surface area contributed by atoms with Crippen LogP contribution < -0.4 is 5.32 Å². The standard InChI is InChI=1S/C11H11BrF3N/c1-3-10(16-2)7-4-5-9(12)8(6-7)11(13,14)15/h3-6,10,16H,1H2,2H3. The molecule has 88 valence electrons. The van der Waals surface area contributed by atoms with Crippen LogP contribution in [0.4, 0.5) is 13.2 Å². The van der Waals surface area contributed by atoms with E-state index in [1.807, 2.05) is 0 Å². The number of nitrogens with one attached hydrogen (secondary N) is 1. The molecule has 0 radical (unpaired) electrons. The van der Waals surface area contributed by atoms with E-state index in [0.717, 1.165) is 6.07 Å². The van der Waals surface area contributed by atoms with Gasteiger partial charge in [0.2, 0.25) is 0 Å². The molecular weight excluding hydrogens is 283 g/mol. The third-order valence-electron chi connectivity index (χ3n) is 2.20. The molecule has 0 spiro atoms. The molecule has 0 aromatic heterocycles. The van der Waals surface area contributed by atoms with E-state index in [1.165, 1.54) is 6.07 Å². The first-order valence-electron chi connectivity index (χ1n) is 4.56. The van der Waals surface area contributed by atoms with Crippen LogP contribution in [0, 0.1) is 0 Å². The minimum Gasteiger partial charge on any atom is -0.310 e. The quantitative estimate of drug-likeness (QED) is 0.833. The Balaban J connectivity index is 3.22. The predicted octanol–water partition coefficient (Wildman–Crippen LogP) is 3.91. The van der Waals surface area contributed by atoms with Crippen molar-refractivity contribution < 1.29 is 13.2 Å². The molecule has 1 unspecified atom stereocenters. The fraction of sp³-hybridized carbons (Fsp3) is 0.273. The van der Waals surface area contributed by atoms with Gasteiger partial charge in [-0.15, -0.1) is 6.58 Å². The highest BCUT2D eigenvalue weighted by molar-refractivity contribution is 9.10. The molecule has 1 atom stereocenters. The molecule has 0 amide bonds. The summed E-state index contributed by atoms with van der Waals surface area (Å²) in [4.78, 5) is 0. The summed E-state index contributed by atoms with van der Waals surface area (Å²) < 4.78 is 37.9. The lowest BCUT2D eigenvalue weighted by atomic mass is 10.0. The summed E-state index contributed by atoms with van der Waals surface area (Å²) >= 11 is 2.89. The number of likely N-dealkylation sites (N-methyl/N-ethyl adjacent to an activating group) is 1. The molecule has 0 fully saturated rings. The smallest absolute Gasteiger partial charge is 0.310 e. The normalized spacial score (nSPS) is 13.6. The second-order valence-electron chi connectivity index (χ2n) is 3.24. The maximum Gasteiger partial charge on any atom is 0.417 e. The van der Waals surface area contributed by atoms with Crippen molar-refractivity contribution in [1.82, 2.24) is 5.32 Å². The highest BCUT2D eigenvalue weighted by Crippen LogP contribution is 2.36. The van der Waals surface area contributed by atoms with E-state index in [9.17, 15) is 13.2 Å². The molecule has 1 nitrogen and oxygen atoms in total. The Morgan fingerprint density at radius 3 is 2.50 bits per heavy atom. The van der Waals surface area contributed by atoms with Crippen LogP contribution >= 0.6 is 15.9 Å². The van der Waals surface area contributed by atoms with E-state index in [1.54, 1.807) is 19.2 Å². The summed E-state index contributed by atoms with van der Waals surface area (Å²) in [7, 11) is 1.67. The highest BCUT2D eigenvalue weighted by Gasteiger charge is 2.33. The predicted molar refractivity (Wildman–Crippen MR) is 61.1 cm³/mol. The van der Waals surface area contributed by atoms with Gasteiger partial charge in [-0.25, -0.2) is 0 Å². The summed E-state index contributed by atoms with van der Waals surface area (Å²) in [5.41, 5.74) is -0.139. The second-order valence-corrected chi connectivity index (χ2v) is 4.09. The molecule has 1 aromatic rings. The lowest BCUT2D eigenvalue weighted by molar-refractivity contribution is -0.138. The Labute approximate surface area is 100 Å². The van der Waals surface area contributed by atoms with Crippen molar-refractivity contribution in [2.75, 3.05) is 7.05 Å². The van der Waals surface area contributed by atoms with Crippen LogP contribution in [0.25, 0.3) is 0 Å². The van der Waals surface area contributed by atoms with Crippen LogP contribution in [0.3, 0.4) is 0 Å². The van der Waals surface area contributed by atoms with Gasteiger partial charge in [-0.2, -0.15) is 13.2 Å². The number of halogens is 4. The summed E-state index contributed by atoms with van der Waals surface area (Å²) in [6.07, 6.45) is -2.79. The Bertz CT molecular complexity index is 387. The number of rotatable bonds is 3. The van der Waals surface area contributed by atoms with Gasteiger partial charge in [0, 0.05) is 4.47 Å². The Morgan fingerprint density at radius 1 is 1.44 bits per heavy atom. The maximum absolute atomic E-state index is 12.6. The van der Waals surface area contributed by atoms with Gasteiger partial charge >= 0.3 is 6.18 Å². The summed E-state index contributed by atoms with van der Waals surface area (Å²) in [5, 5.41) is 2.87. The van der Waals surface area contributed by atoms with Crippen molar-refractivity contribution in [2.24, 2.45) is 0 Å². The molecule has 0 heterocycles. The van der Waals surface area contributed by atoms with Crippen molar-refractivity contribution in [3.05, 3.63) is 46.5 Å².